The fourth-order valence-electron chi connectivity index (χ4n) is 3.18. The Morgan fingerprint density at radius 2 is 2.04 bits per heavy atom. The van der Waals surface area contributed by atoms with Gasteiger partial charge in [-0.3, -0.25) is 4.90 Å². The Labute approximate surface area is 140 Å². The predicted octanol–water partition coefficient (Wildman–Crippen LogP) is 1.57. The van der Waals surface area contributed by atoms with Crippen LogP contribution >= 0.6 is 0 Å². The SMILES string of the molecule is Cn1cccc1C1COCCN1Cc1nnnn1-c1ccccc1. The van der Waals surface area contributed by atoms with Gasteiger partial charge in [0.1, 0.15) is 0 Å². The number of aryl methyl sites for hydroxylation is 1. The average molecular weight is 324 g/mol. The molecule has 0 saturated carbocycles. The second-order valence-electron chi connectivity index (χ2n) is 5.95. The maximum Gasteiger partial charge on any atom is 0.170 e. The van der Waals surface area contributed by atoms with E-state index in [-0.39, 0.29) is 6.04 Å². The molecule has 124 valence electrons. The molecule has 1 unspecified atom stereocenters. The number of benzene rings is 1. The van der Waals surface area contributed by atoms with Crippen molar-refractivity contribution in [3.63, 3.8) is 0 Å². The minimum Gasteiger partial charge on any atom is -0.378 e. The van der Waals surface area contributed by atoms with Crippen LogP contribution in [0.5, 0.6) is 0 Å². The summed E-state index contributed by atoms with van der Waals surface area (Å²) in [6, 6.07) is 14.4. The molecule has 1 aliphatic rings. The van der Waals surface area contributed by atoms with Crippen LogP contribution in [-0.4, -0.2) is 49.4 Å². The Morgan fingerprint density at radius 1 is 1.17 bits per heavy atom. The van der Waals surface area contributed by atoms with Crippen LogP contribution in [0.1, 0.15) is 17.6 Å². The Kier molecular flexibility index (Phi) is 4.10. The van der Waals surface area contributed by atoms with Crippen molar-refractivity contribution in [1.82, 2.24) is 29.7 Å². The number of hydrogen-bond acceptors (Lipinski definition) is 5. The molecular weight excluding hydrogens is 304 g/mol. The molecule has 1 atom stereocenters. The van der Waals surface area contributed by atoms with Crippen LogP contribution in [0, 0.1) is 0 Å². The van der Waals surface area contributed by atoms with Gasteiger partial charge in [0.25, 0.3) is 0 Å². The molecule has 24 heavy (non-hydrogen) atoms. The number of rotatable bonds is 4. The monoisotopic (exact) mass is 324 g/mol. The molecule has 0 N–H and O–H groups in total. The summed E-state index contributed by atoms with van der Waals surface area (Å²) in [7, 11) is 2.07. The summed E-state index contributed by atoms with van der Waals surface area (Å²) in [6.07, 6.45) is 2.07. The Bertz CT molecular complexity index is 796. The van der Waals surface area contributed by atoms with Crippen LogP contribution in [-0.2, 0) is 18.3 Å². The van der Waals surface area contributed by atoms with Gasteiger partial charge in [-0.15, -0.1) is 5.10 Å². The standard InChI is InChI=1S/C17H20N6O/c1-21-9-5-8-15(21)16-13-24-11-10-22(16)12-17-18-19-20-23(17)14-6-3-2-4-7-14/h2-9,16H,10-13H2,1H3. The van der Waals surface area contributed by atoms with E-state index in [0.717, 1.165) is 24.7 Å². The summed E-state index contributed by atoms with van der Waals surface area (Å²) >= 11 is 0. The molecule has 1 saturated heterocycles. The number of tetrazole rings is 1. The molecule has 1 aromatic carbocycles. The molecule has 4 rings (SSSR count). The first-order valence-corrected chi connectivity index (χ1v) is 8.08. The Morgan fingerprint density at radius 3 is 2.83 bits per heavy atom. The molecule has 2 aromatic heterocycles. The van der Waals surface area contributed by atoms with Crippen LogP contribution in [0.3, 0.4) is 0 Å². The fourth-order valence-corrected chi connectivity index (χ4v) is 3.18. The van der Waals surface area contributed by atoms with Gasteiger partial charge in [0.05, 0.1) is 31.5 Å². The zero-order valence-electron chi connectivity index (χ0n) is 13.6. The van der Waals surface area contributed by atoms with Crippen molar-refractivity contribution in [3.8, 4) is 5.69 Å². The largest absolute Gasteiger partial charge is 0.378 e. The smallest absolute Gasteiger partial charge is 0.170 e. The van der Waals surface area contributed by atoms with Gasteiger partial charge in [0.15, 0.2) is 5.82 Å². The molecule has 7 heteroatoms. The molecule has 7 nitrogen and oxygen atoms in total. The van der Waals surface area contributed by atoms with E-state index < -0.39 is 0 Å². The van der Waals surface area contributed by atoms with E-state index in [1.807, 2.05) is 30.3 Å². The molecule has 3 heterocycles. The van der Waals surface area contributed by atoms with E-state index in [0.29, 0.717) is 13.2 Å². The van der Waals surface area contributed by atoms with Crippen molar-refractivity contribution >= 4 is 0 Å². The van der Waals surface area contributed by atoms with Gasteiger partial charge in [0, 0.05) is 25.5 Å². The first kappa shape index (κ1) is 15.0. The van der Waals surface area contributed by atoms with Gasteiger partial charge in [-0.1, -0.05) is 18.2 Å². The Balaban J connectivity index is 1.60. The lowest BCUT2D eigenvalue weighted by atomic mass is 10.1. The molecule has 1 fully saturated rings. The topological polar surface area (TPSA) is 61.0 Å². The highest BCUT2D eigenvalue weighted by molar-refractivity contribution is 5.30. The zero-order chi connectivity index (χ0) is 16.4. The fraction of sp³-hybridized carbons (Fsp3) is 0.353. The number of para-hydroxylation sites is 1. The lowest BCUT2D eigenvalue weighted by Gasteiger charge is -2.35. The van der Waals surface area contributed by atoms with Crippen LogP contribution in [0.25, 0.3) is 5.69 Å². The van der Waals surface area contributed by atoms with Crippen molar-refractivity contribution in [1.29, 1.82) is 0 Å². The van der Waals surface area contributed by atoms with E-state index in [9.17, 15) is 0 Å². The molecule has 0 aliphatic carbocycles. The number of hydrogen-bond donors (Lipinski definition) is 0. The van der Waals surface area contributed by atoms with Crippen molar-refractivity contribution < 1.29 is 4.74 Å². The summed E-state index contributed by atoms with van der Waals surface area (Å²) in [5, 5.41) is 12.3. The van der Waals surface area contributed by atoms with Crippen molar-refractivity contribution in [2.45, 2.75) is 12.6 Å². The summed E-state index contributed by atoms with van der Waals surface area (Å²) in [4.78, 5) is 2.38. The van der Waals surface area contributed by atoms with Crippen LogP contribution in [0.2, 0.25) is 0 Å². The van der Waals surface area contributed by atoms with E-state index >= 15 is 0 Å². The van der Waals surface area contributed by atoms with Gasteiger partial charge >= 0.3 is 0 Å². The lowest BCUT2D eigenvalue weighted by molar-refractivity contribution is -0.0166. The third-order valence-electron chi connectivity index (χ3n) is 4.44. The second kappa shape index (κ2) is 6.54. The van der Waals surface area contributed by atoms with E-state index in [4.69, 9.17) is 4.74 Å². The van der Waals surface area contributed by atoms with Crippen molar-refractivity contribution in [3.05, 3.63) is 60.2 Å². The summed E-state index contributed by atoms with van der Waals surface area (Å²) < 4.78 is 9.66. The van der Waals surface area contributed by atoms with E-state index in [1.54, 1.807) is 4.68 Å². The quantitative estimate of drug-likeness (QED) is 0.729. The number of aromatic nitrogens is 5. The van der Waals surface area contributed by atoms with Crippen LogP contribution < -0.4 is 0 Å². The second-order valence-corrected chi connectivity index (χ2v) is 5.95. The third-order valence-corrected chi connectivity index (χ3v) is 4.44. The van der Waals surface area contributed by atoms with Crippen LogP contribution in [0.15, 0.2) is 48.7 Å². The highest BCUT2D eigenvalue weighted by atomic mass is 16.5. The molecule has 0 bridgehead atoms. The van der Waals surface area contributed by atoms with Crippen LogP contribution in [0.4, 0.5) is 0 Å². The maximum absolute atomic E-state index is 5.71. The summed E-state index contributed by atoms with van der Waals surface area (Å²) in [6.45, 7) is 2.96. The molecule has 0 spiro atoms. The van der Waals surface area contributed by atoms with Gasteiger partial charge < -0.3 is 9.30 Å². The minimum absolute atomic E-state index is 0.208. The number of ether oxygens (including phenoxy) is 1. The van der Waals surface area contributed by atoms with Gasteiger partial charge in [-0.2, -0.15) is 4.68 Å². The number of morpholine rings is 1. The first-order chi connectivity index (χ1) is 11.8. The predicted molar refractivity (Wildman–Crippen MR) is 88.5 cm³/mol. The molecule has 0 radical (unpaired) electrons. The maximum atomic E-state index is 5.71. The average Bonchev–Trinajstić information content (AvgIpc) is 3.25. The normalized spacial score (nSPS) is 18.8. The van der Waals surface area contributed by atoms with E-state index in [2.05, 4.69) is 50.4 Å². The molecule has 1 aliphatic heterocycles. The third kappa shape index (κ3) is 2.83. The van der Waals surface area contributed by atoms with E-state index in [1.165, 1.54) is 5.69 Å². The highest BCUT2D eigenvalue weighted by Crippen LogP contribution is 2.25. The van der Waals surface area contributed by atoms with Gasteiger partial charge in [0.2, 0.25) is 0 Å². The van der Waals surface area contributed by atoms with Gasteiger partial charge in [-0.25, -0.2) is 0 Å². The molecule has 0 amide bonds. The summed E-state index contributed by atoms with van der Waals surface area (Å²) in [5.41, 5.74) is 2.22. The Hall–Kier alpha value is -2.51. The molecule has 3 aromatic rings. The zero-order valence-corrected chi connectivity index (χ0v) is 13.6. The summed E-state index contributed by atoms with van der Waals surface area (Å²) in [5.74, 6) is 0.835. The van der Waals surface area contributed by atoms with Crippen molar-refractivity contribution in [2.24, 2.45) is 7.05 Å². The van der Waals surface area contributed by atoms with Crippen molar-refractivity contribution in [2.75, 3.05) is 19.8 Å². The first-order valence-electron chi connectivity index (χ1n) is 8.08. The van der Waals surface area contributed by atoms with Gasteiger partial charge in [-0.05, 0) is 34.7 Å². The molecular formula is C17H20N6O. The highest BCUT2D eigenvalue weighted by Gasteiger charge is 2.28. The lowest BCUT2D eigenvalue weighted by Crippen LogP contribution is -2.40. The number of nitrogens with zero attached hydrogens (tertiary/aromatic N) is 6. The minimum atomic E-state index is 0.208.